The number of hydrogen-bond acceptors (Lipinski definition) is 10. The SMILES string of the molecule is Nc1nc(C(O)C2CC2)nc2c1ncn2[C@@H]1O[C@H](COP(=O)(O)CP(=O)(O)O)[C@@H](O)[C@@H]1F. The van der Waals surface area contributed by atoms with Gasteiger partial charge in [0, 0.05) is 0 Å². The molecule has 1 saturated carbocycles. The highest BCUT2D eigenvalue weighted by Crippen LogP contribution is 2.55. The van der Waals surface area contributed by atoms with Gasteiger partial charge in [0.25, 0.3) is 0 Å². The van der Waals surface area contributed by atoms with Crippen molar-refractivity contribution in [1.29, 1.82) is 0 Å². The van der Waals surface area contributed by atoms with E-state index in [0.717, 1.165) is 17.4 Å². The van der Waals surface area contributed by atoms with Crippen LogP contribution in [-0.2, 0) is 18.4 Å². The summed E-state index contributed by atoms with van der Waals surface area (Å²) in [5.41, 5.74) is 6.08. The van der Waals surface area contributed by atoms with Crippen LogP contribution in [0, 0.1) is 5.92 Å². The van der Waals surface area contributed by atoms with E-state index in [-0.39, 0.29) is 28.7 Å². The maximum atomic E-state index is 14.9. The Kier molecular flexibility index (Phi) is 6.16. The molecule has 6 atom stereocenters. The highest BCUT2D eigenvalue weighted by atomic mass is 31.2. The number of nitrogen functional groups attached to an aromatic ring is 1. The van der Waals surface area contributed by atoms with Gasteiger partial charge in [0.1, 0.15) is 23.8 Å². The molecule has 178 valence electrons. The third-order valence-corrected chi connectivity index (χ3v) is 8.63. The number of anilines is 1. The van der Waals surface area contributed by atoms with Gasteiger partial charge in [0.15, 0.2) is 35.6 Å². The molecule has 2 unspecified atom stereocenters. The minimum Gasteiger partial charge on any atom is -0.387 e. The van der Waals surface area contributed by atoms with Crippen LogP contribution < -0.4 is 5.73 Å². The van der Waals surface area contributed by atoms with Crippen molar-refractivity contribution >= 4 is 32.2 Å². The summed E-state index contributed by atoms with van der Waals surface area (Å²) in [4.78, 5) is 39.6. The Labute approximate surface area is 179 Å². The van der Waals surface area contributed by atoms with E-state index in [9.17, 15) is 28.6 Å². The molecule has 2 aliphatic rings. The smallest absolute Gasteiger partial charge is 0.340 e. The number of halogens is 1. The average Bonchev–Trinajstić information content (AvgIpc) is 3.38. The molecule has 3 heterocycles. The summed E-state index contributed by atoms with van der Waals surface area (Å²) in [6.07, 6.45) is -4.88. The topological polar surface area (TPSA) is 223 Å². The Hall–Kier alpha value is -1.54. The first-order valence-corrected chi connectivity index (χ1v) is 13.1. The summed E-state index contributed by atoms with van der Waals surface area (Å²) in [6.45, 7) is -0.804. The van der Waals surface area contributed by atoms with Crippen molar-refractivity contribution in [3.05, 3.63) is 12.2 Å². The number of nitrogens with two attached hydrogens (primary N) is 1. The third-order valence-electron chi connectivity index (χ3n) is 5.17. The molecule has 1 aliphatic carbocycles. The van der Waals surface area contributed by atoms with Gasteiger partial charge in [-0.3, -0.25) is 13.7 Å². The number of nitrogens with zero attached hydrogens (tertiary/aromatic N) is 4. The van der Waals surface area contributed by atoms with Crippen molar-refractivity contribution in [2.45, 2.75) is 43.6 Å². The Morgan fingerprint density at radius 3 is 2.62 bits per heavy atom. The zero-order valence-electron chi connectivity index (χ0n) is 16.4. The van der Waals surface area contributed by atoms with Crippen LogP contribution in [0.4, 0.5) is 10.2 Å². The molecule has 17 heteroatoms. The fourth-order valence-corrected chi connectivity index (χ4v) is 5.99. The Morgan fingerprint density at radius 1 is 1.31 bits per heavy atom. The maximum absolute atomic E-state index is 14.9. The Balaban J connectivity index is 1.55. The van der Waals surface area contributed by atoms with E-state index in [1.807, 2.05) is 0 Å². The average molecular weight is 497 g/mol. The van der Waals surface area contributed by atoms with Crippen molar-refractivity contribution in [3.8, 4) is 0 Å². The van der Waals surface area contributed by atoms with Crippen LogP contribution in [0.15, 0.2) is 6.33 Å². The van der Waals surface area contributed by atoms with Crippen LogP contribution >= 0.6 is 15.2 Å². The lowest BCUT2D eigenvalue weighted by molar-refractivity contribution is -0.0425. The molecule has 2 aromatic rings. The first kappa shape index (κ1) is 23.6. The number of fused-ring (bicyclic) bond motifs is 1. The van der Waals surface area contributed by atoms with Crippen molar-refractivity contribution < 1.29 is 47.7 Å². The summed E-state index contributed by atoms with van der Waals surface area (Å²) >= 11 is 0. The minimum atomic E-state index is -4.85. The number of imidazole rings is 1. The van der Waals surface area contributed by atoms with Gasteiger partial charge in [0.05, 0.1) is 12.9 Å². The first-order chi connectivity index (χ1) is 14.9. The first-order valence-electron chi connectivity index (χ1n) is 9.53. The van der Waals surface area contributed by atoms with E-state index in [0.29, 0.717) is 0 Å². The van der Waals surface area contributed by atoms with Gasteiger partial charge in [-0.1, -0.05) is 0 Å². The van der Waals surface area contributed by atoms with Crippen LogP contribution in [-0.4, -0.2) is 75.3 Å². The number of ether oxygens (including phenoxy) is 1. The lowest BCUT2D eigenvalue weighted by Crippen LogP contribution is -2.31. The van der Waals surface area contributed by atoms with E-state index in [1.54, 1.807) is 0 Å². The Morgan fingerprint density at radius 2 is 2.00 bits per heavy atom. The molecule has 2 aromatic heterocycles. The van der Waals surface area contributed by atoms with E-state index in [4.69, 9.17) is 20.3 Å². The molecule has 14 nitrogen and oxygen atoms in total. The highest BCUT2D eigenvalue weighted by molar-refractivity contribution is 7.70. The van der Waals surface area contributed by atoms with Crippen LogP contribution in [0.2, 0.25) is 0 Å². The predicted octanol–water partition coefficient (Wildman–Crippen LogP) is -0.215. The molecule has 0 spiro atoms. The fourth-order valence-electron chi connectivity index (χ4n) is 3.43. The van der Waals surface area contributed by atoms with E-state index in [1.165, 1.54) is 6.33 Å². The number of aliphatic hydroxyl groups is 2. The van der Waals surface area contributed by atoms with Gasteiger partial charge in [-0.15, -0.1) is 0 Å². The predicted molar refractivity (Wildman–Crippen MR) is 105 cm³/mol. The van der Waals surface area contributed by atoms with Gasteiger partial charge in [-0.2, -0.15) is 0 Å². The fraction of sp³-hybridized carbons (Fsp3) is 0.667. The van der Waals surface area contributed by atoms with Crippen molar-refractivity contribution in [3.63, 3.8) is 0 Å². The van der Waals surface area contributed by atoms with Crippen molar-refractivity contribution in [1.82, 2.24) is 19.5 Å². The highest BCUT2D eigenvalue weighted by Gasteiger charge is 2.47. The molecule has 4 rings (SSSR count). The molecular formula is C15H22FN5O9P2. The van der Waals surface area contributed by atoms with E-state index >= 15 is 0 Å². The zero-order chi connectivity index (χ0) is 23.4. The van der Waals surface area contributed by atoms with Crippen LogP contribution in [0.25, 0.3) is 11.2 Å². The lowest BCUT2D eigenvalue weighted by Gasteiger charge is -2.18. The lowest BCUT2D eigenvalue weighted by atomic mass is 10.1. The van der Waals surface area contributed by atoms with Gasteiger partial charge in [0.2, 0.25) is 0 Å². The minimum absolute atomic E-state index is 0.00514. The second kappa shape index (κ2) is 8.35. The molecule has 0 radical (unpaired) electrons. The standard InChI is InChI=1S/C15H22FN5O9P2/c16-8-11(23)7(3-29-32(27,28)5-31(24,25)26)30-15(8)21-4-18-9-12(17)19-13(20-14(9)21)10(22)6-1-2-6/h4,6-8,10-11,15,22-23H,1-3,5H2,(H,27,28)(H2,17,19,20)(H2,24,25,26)/t7-,8+,10?,11-,15-/m1/s1. The monoisotopic (exact) mass is 497 g/mol. The molecule has 7 N–H and O–H groups in total. The molecule has 0 aromatic carbocycles. The third kappa shape index (κ3) is 4.86. The summed E-state index contributed by atoms with van der Waals surface area (Å²) in [6, 6.07) is 0. The van der Waals surface area contributed by atoms with Crippen molar-refractivity contribution in [2.75, 3.05) is 18.2 Å². The molecule has 2 fully saturated rings. The summed E-state index contributed by atoms with van der Waals surface area (Å²) in [5.74, 6) is -1.41. The van der Waals surface area contributed by atoms with E-state index < -0.39 is 58.4 Å². The Bertz CT molecular complexity index is 1110. The molecule has 1 saturated heterocycles. The maximum Gasteiger partial charge on any atom is 0.340 e. The normalized spacial score (nSPS) is 29.3. The number of aromatic nitrogens is 4. The van der Waals surface area contributed by atoms with Crippen LogP contribution in [0.1, 0.15) is 31.0 Å². The van der Waals surface area contributed by atoms with Crippen LogP contribution in [0.3, 0.4) is 0 Å². The molecular weight excluding hydrogens is 475 g/mol. The number of hydrogen-bond donors (Lipinski definition) is 6. The van der Waals surface area contributed by atoms with Gasteiger partial charge in [-0.05, 0) is 18.8 Å². The van der Waals surface area contributed by atoms with Gasteiger partial charge < -0.3 is 39.9 Å². The summed E-state index contributed by atoms with van der Waals surface area (Å²) < 4.78 is 48.8. The largest absolute Gasteiger partial charge is 0.387 e. The molecule has 0 amide bonds. The quantitative estimate of drug-likeness (QED) is 0.260. The second-order valence-electron chi connectivity index (χ2n) is 7.81. The molecule has 1 aliphatic heterocycles. The molecule has 32 heavy (non-hydrogen) atoms. The van der Waals surface area contributed by atoms with Crippen LogP contribution in [0.5, 0.6) is 0 Å². The zero-order valence-corrected chi connectivity index (χ0v) is 18.2. The second-order valence-corrected chi connectivity index (χ2v) is 11.8. The number of aliphatic hydroxyl groups excluding tert-OH is 2. The van der Waals surface area contributed by atoms with Gasteiger partial charge >= 0.3 is 15.2 Å². The van der Waals surface area contributed by atoms with Gasteiger partial charge in [-0.25, -0.2) is 19.3 Å². The van der Waals surface area contributed by atoms with E-state index in [2.05, 4.69) is 19.5 Å². The molecule has 0 bridgehead atoms. The summed E-state index contributed by atoms with van der Waals surface area (Å²) in [5, 5.41) is 20.5. The number of rotatable bonds is 8. The van der Waals surface area contributed by atoms with Crippen molar-refractivity contribution in [2.24, 2.45) is 5.92 Å². The summed E-state index contributed by atoms with van der Waals surface area (Å²) in [7, 11) is -9.57. The number of alkyl halides is 1.